The Balaban J connectivity index is 1.95. The third-order valence-electron chi connectivity index (χ3n) is 3.33. The van der Waals surface area contributed by atoms with Crippen molar-refractivity contribution in [1.82, 2.24) is 0 Å². The highest BCUT2D eigenvalue weighted by molar-refractivity contribution is 5.92. The summed E-state index contributed by atoms with van der Waals surface area (Å²) in [5.41, 5.74) is 2.43. The number of carbonyl (C=O) groups is 1. The fourth-order valence-electron chi connectivity index (χ4n) is 2.30. The van der Waals surface area contributed by atoms with E-state index in [1.165, 1.54) is 6.42 Å². The lowest BCUT2D eigenvalue weighted by Crippen LogP contribution is -2.14. The van der Waals surface area contributed by atoms with Crippen LogP contribution in [-0.4, -0.2) is 5.97 Å². The van der Waals surface area contributed by atoms with Crippen molar-refractivity contribution >= 4 is 5.97 Å². The van der Waals surface area contributed by atoms with Crippen LogP contribution in [0.5, 0.6) is 0 Å². The van der Waals surface area contributed by atoms with Crippen LogP contribution in [0, 0.1) is 20.0 Å². The van der Waals surface area contributed by atoms with E-state index in [4.69, 9.17) is 9.78 Å². The first kappa shape index (κ1) is 13.1. The highest BCUT2D eigenvalue weighted by Crippen LogP contribution is 2.27. The predicted octanol–water partition coefficient (Wildman–Crippen LogP) is 3.89. The molecule has 1 aromatic rings. The van der Waals surface area contributed by atoms with Gasteiger partial charge in [-0.3, -0.25) is 4.89 Å². The maximum Gasteiger partial charge on any atom is 0.373 e. The van der Waals surface area contributed by atoms with E-state index in [-0.39, 0.29) is 0 Å². The minimum Gasteiger partial charge on any atom is -0.292 e. The van der Waals surface area contributed by atoms with Gasteiger partial charge < -0.3 is 0 Å². The molecular weight excluding hydrogens is 228 g/mol. The van der Waals surface area contributed by atoms with E-state index in [1.54, 1.807) is 0 Å². The molecule has 0 N–H and O–H groups in total. The Morgan fingerprint density at radius 1 is 1.06 bits per heavy atom. The molecule has 1 aliphatic rings. The molecule has 0 aliphatic heterocycles. The second kappa shape index (κ2) is 6.01. The van der Waals surface area contributed by atoms with Crippen molar-refractivity contribution in [2.24, 2.45) is 0 Å². The molecule has 0 amide bonds. The Bertz CT molecular complexity index is 399. The smallest absolute Gasteiger partial charge is 0.292 e. The second-order valence-electron chi connectivity index (χ2n) is 4.82. The summed E-state index contributed by atoms with van der Waals surface area (Å²) in [6, 6.07) is 5.73. The second-order valence-corrected chi connectivity index (χ2v) is 4.82. The van der Waals surface area contributed by atoms with Gasteiger partial charge in [0.05, 0.1) is 5.56 Å². The van der Waals surface area contributed by atoms with Crippen LogP contribution in [0.2, 0.25) is 0 Å². The molecule has 18 heavy (non-hydrogen) atoms. The monoisotopic (exact) mass is 247 g/mol. The summed E-state index contributed by atoms with van der Waals surface area (Å²) in [6.07, 6.45) is 6.17. The summed E-state index contributed by atoms with van der Waals surface area (Å²) in [6.45, 7) is 3.80. The van der Waals surface area contributed by atoms with Gasteiger partial charge in [-0.05, 0) is 37.8 Å². The van der Waals surface area contributed by atoms with Gasteiger partial charge in [-0.15, -0.1) is 0 Å². The first-order chi connectivity index (χ1) is 8.68. The van der Waals surface area contributed by atoms with E-state index in [2.05, 4.69) is 0 Å². The summed E-state index contributed by atoms with van der Waals surface area (Å²) in [7, 11) is 0. The summed E-state index contributed by atoms with van der Waals surface area (Å²) >= 11 is 0. The zero-order valence-corrected chi connectivity index (χ0v) is 11.0. The number of hydrogen-bond acceptors (Lipinski definition) is 3. The van der Waals surface area contributed by atoms with Crippen LogP contribution in [0.15, 0.2) is 18.2 Å². The molecule has 97 valence electrons. The average molecular weight is 247 g/mol. The number of hydrogen-bond donors (Lipinski definition) is 0. The fourth-order valence-corrected chi connectivity index (χ4v) is 2.30. The third kappa shape index (κ3) is 3.10. The fraction of sp³-hybridized carbons (Fsp3) is 0.467. The van der Waals surface area contributed by atoms with Crippen LogP contribution in [0.4, 0.5) is 0 Å². The van der Waals surface area contributed by atoms with Crippen LogP contribution >= 0.6 is 0 Å². The van der Waals surface area contributed by atoms with Gasteiger partial charge in [0.2, 0.25) is 0 Å². The molecule has 2 rings (SSSR count). The van der Waals surface area contributed by atoms with Crippen molar-refractivity contribution in [2.75, 3.05) is 0 Å². The van der Waals surface area contributed by atoms with E-state index in [0.717, 1.165) is 42.9 Å². The first-order valence-electron chi connectivity index (χ1n) is 6.48. The average Bonchev–Trinajstić information content (AvgIpc) is 2.37. The molecule has 0 spiro atoms. The van der Waals surface area contributed by atoms with Gasteiger partial charge in [0, 0.05) is 0 Å². The minimum atomic E-state index is -0.399. The lowest BCUT2D eigenvalue weighted by atomic mass is 9.98. The molecule has 0 unspecified atom stereocenters. The molecule has 0 bridgehead atoms. The molecule has 0 saturated heterocycles. The Morgan fingerprint density at radius 3 is 2.28 bits per heavy atom. The Labute approximate surface area is 108 Å². The van der Waals surface area contributed by atoms with Crippen molar-refractivity contribution in [3.63, 3.8) is 0 Å². The van der Waals surface area contributed by atoms with Crippen LogP contribution in [-0.2, 0) is 9.78 Å². The predicted molar refractivity (Wildman–Crippen MR) is 68.7 cm³/mol. The number of rotatable bonds is 3. The van der Waals surface area contributed by atoms with Gasteiger partial charge in [0.1, 0.15) is 6.10 Å². The summed E-state index contributed by atoms with van der Waals surface area (Å²) in [5, 5.41) is 0. The Morgan fingerprint density at radius 2 is 1.67 bits per heavy atom. The molecule has 1 aliphatic carbocycles. The largest absolute Gasteiger partial charge is 0.373 e. The van der Waals surface area contributed by atoms with Crippen molar-refractivity contribution in [1.29, 1.82) is 0 Å². The third-order valence-corrected chi connectivity index (χ3v) is 3.33. The normalized spacial score (nSPS) is 16.6. The highest BCUT2D eigenvalue weighted by Gasteiger charge is 2.20. The van der Waals surface area contributed by atoms with E-state index in [1.807, 2.05) is 32.0 Å². The van der Waals surface area contributed by atoms with Crippen LogP contribution in [0.25, 0.3) is 0 Å². The van der Waals surface area contributed by atoms with Gasteiger partial charge in [-0.2, -0.15) is 4.89 Å². The maximum atomic E-state index is 12.0. The van der Waals surface area contributed by atoms with Gasteiger partial charge in [0.25, 0.3) is 0 Å². The number of carbonyl (C=O) groups excluding carboxylic acids is 1. The number of benzene rings is 1. The summed E-state index contributed by atoms with van der Waals surface area (Å²) in [5.74, 6) is -0.399. The zero-order chi connectivity index (χ0) is 13.0. The zero-order valence-electron chi connectivity index (χ0n) is 11.0. The van der Waals surface area contributed by atoms with Crippen molar-refractivity contribution in [2.45, 2.75) is 46.0 Å². The van der Waals surface area contributed by atoms with Crippen molar-refractivity contribution in [3.05, 3.63) is 41.0 Å². The van der Waals surface area contributed by atoms with Crippen molar-refractivity contribution in [3.8, 4) is 0 Å². The lowest BCUT2D eigenvalue weighted by molar-refractivity contribution is -0.239. The first-order valence-corrected chi connectivity index (χ1v) is 6.48. The minimum absolute atomic E-state index is 0.399. The van der Waals surface area contributed by atoms with E-state index < -0.39 is 5.97 Å². The molecule has 1 fully saturated rings. The molecule has 3 nitrogen and oxygen atoms in total. The maximum absolute atomic E-state index is 12.0. The van der Waals surface area contributed by atoms with E-state index in [9.17, 15) is 4.79 Å². The van der Waals surface area contributed by atoms with Gasteiger partial charge >= 0.3 is 5.97 Å². The molecule has 0 heterocycles. The van der Waals surface area contributed by atoms with Gasteiger partial charge in [0.15, 0.2) is 0 Å². The molecular formula is C15H19O3. The van der Waals surface area contributed by atoms with E-state index >= 15 is 0 Å². The SMILES string of the molecule is Cc1cccc(C)c1C(=O)OO[C]1CCCCC1. The molecule has 1 saturated carbocycles. The number of aryl methyl sites for hydroxylation is 2. The molecule has 3 heteroatoms. The molecule has 0 atom stereocenters. The van der Waals surface area contributed by atoms with Gasteiger partial charge in [-0.25, -0.2) is 4.79 Å². The van der Waals surface area contributed by atoms with Gasteiger partial charge in [-0.1, -0.05) is 37.5 Å². The van der Waals surface area contributed by atoms with Crippen LogP contribution in [0.1, 0.15) is 53.6 Å². The molecule has 1 aromatic carbocycles. The van der Waals surface area contributed by atoms with Crippen LogP contribution in [0.3, 0.4) is 0 Å². The Kier molecular flexibility index (Phi) is 4.37. The molecule has 0 aromatic heterocycles. The topological polar surface area (TPSA) is 35.5 Å². The Hall–Kier alpha value is -1.35. The highest BCUT2D eigenvalue weighted by atomic mass is 17.2. The van der Waals surface area contributed by atoms with Crippen molar-refractivity contribution < 1.29 is 14.6 Å². The molecule has 1 radical (unpaired) electrons. The van der Waals surface area contributed by atoms with Crippen LogP contribution < -0.4 is 0 Å². The summed E-state index contributed by atoms with van der Waals surface area (Å²) < 4.78 is 0. The standard InChI is InChI=1S/C15H19O3/c1-11-7-6-8-12(2)14(11)15(16)18-17-13-9-4-3-5-10-13/h6-8H,3-5,9-10H2,1-2H3. The summed E-state index contributed by atoms with van der Waals surface area (Å²) in [4.78, 5) is 22.1. The quantitative estimate of drug-likeness (QED) is 0.600. The lowest BCUT2D eigenvalue weighted by Gasteiger charge is -2.19. The van der Waals surface area contributed by atoms with E-state index in [0.29, 0.717) is 5.56 Å².